The molecule has 0 bridgehead atoms. The maximum Gasteiger partial charge on any atom is 0.124 e. The molecule has 2 nitrogen and oxygen atoms in total. The fourth-order valence-corrected chi connectivity index (χ4v) is 2.28. The zero-order chi connectivity index (χ0) is 11.7. The molecule has 0 rings (SSSR count). The van der Waals surface area contributed by atoms with Gasteiger partial charge < -0.3 is 5.32 Å². The lowest BCUT2D eigenvalue weighted by atomic mass is 10.4. The molecule has 0 aliphatic rings. The van der Waals surface area contributed by atoms with Crippen LogP contribution in [-0.2, 0) is 10.8 Å². The van der Waals surface area contributed by atoms with Gasteiger partial charge in [0.1, 0.15) is 6.17 Å². The van der Waals surface area contributed by atoms with Gasteiger partial charge in [-0.2, -0.15) is 0 Å². The number of hydrogen-bond donors (Lipinski definition) is 1. The van der Waals surface area contributed by atoms with Crippen molar-refractivity contribution in [2.45, 2.75) is 26.9 Å². The van der Waals surface area contributed by atoms with Crippen molar-refractivity contribution in [2.75, 3.05) is 18.8 Å². The van der Waals surface area contributed by atoms with E-state index in [0.29, 0.717) is 4.91 Å². The summed E-state index contributed by atoms with van der Waals surface area (Å²) in [5, 5.41) is 2.90. The molecule has 0 spiro atoms. The van der Waals surface area contributed by atoms with Gasteiger partial charge in [0.05, 0.1) is 16.6 Å². The fraction of sp³-hybridized carbons (Fsp3) is 0.636. The summed E-state index contributed by atoms with van der Waals surface area (Å²) in [5.41, 5.74) is 0. The Labute approximate surface area is 94.1 Å². The molecule has 0 fully saturated rings. The zero-order valence-electron chi connectivity index (χ0n) is 9.63. The molecule has 0 amide bonds. The third-order valence-electron chi connectivity index (χ3n) is 1.83. The molecule has 0 heterocycles. The molecule has 2 atom stereocenters. The first-order chi connectivity index (χ1) is 7.15. The lowest BCUT2D eigenvalue weighted by Gasteiger charge is -2.08. The van der Waals surface area contributed by atoms with E-state index in [4.69, 9.17) is 0 Å². The zero-order valence-corrected chi connectivity index (χ0v) is 10.4. The van der Waals surface area contributed by atoms with E-state index in [1.54, 1.807) is 12.2 Å². The highest BCUT2D eigenvalue weighted by molar-refractivity contribution is 7.89. The van der Waals surface area contributed by atoms with Crippen LogP contribution in [0, 0.1) is 0 Å². The maximum absolute atomic E-state index is 13.3. The van der Waals surface area contributed by atoms with E-state index in [2.05, 4.69) is 5.32 Å². The first-order valence-corrected chi connectivity index (χ1v) is 6.49. The van der Waals surface area contributed by atoms with Crippen LogP contribution in [0.3, 0.4) is 0 Å². The molecule has 0 aromatic heterocycles. The van der Waals surface area contributed by atoms with Crippen LogP contribution in [0.1, 0.15) is 20.8 Å². The molecule has 0 radical (unpaired) electrons. The van der Waals surface area contributed by atoms with Gasteiger partial charge >= 0.3 is 0 Å². The minimum Gasteiger partial charge on any atom is -0.314 e. The van der Waals surface area contributed by atoms with Crippen LogP contribution in [0.4, 0.5) is 4.39 Å². The van der Waals surface area contributed by atoms with Crippen LogP contribution < -0.4 is 5.32 Å². The predicted octanol–water partition coefficient (Wildman–Crippen LogP) is 2.16. The monoisotopic (exact) mass is 233 g/mol. The molecule has 0 aliphatic carbocycles. The molecule has 0 aromatic rings. The molecular formula is C11H20FNOS. The topological polar surface area (TPSA) is 29.1 Å². The van der Waals surface area contributed by atoms with Crippen LogP contribution in [0.15, 0.2) is 23.1 Å². The summed E-state index contributed by atoms with van der Waals surface area (Å²) in [7, 11) is -1.23. The van der Waals surface area contributed by atoms with Crippen LogP contribution in [-0.4, -0.2) is 29.2 Å². The minimum atomic E-state index is -1.23. The Morgan fingerprint density at radius 2 is 2.20 bits per heavy atom. The van der Waals surface area contributed by atoms with E-state index in [0.717, 1.165) is 6.54 Å². The standard InChI is InChI=1S/C11H20FNOS/c1-4-7-11(5-2)15(14)9-10(12)8-13-6-3/h4-5,7,10,13H,6,8-9H2,1-3H3/b7-4-,11-5+/t10-,15?/m1/s1. The number of halogens is 1. The van der Waals surface area contributed by atoms with E-state index in [-0.39, 0.29) is 12.3 Å². The van der Waals surface area contributed by atoms with Gasteiger partial charge in [-0.25, -0.2) is 4.39 Å². The van der Waals surface area contributed by atoms with Crippen molar-refractivity contribution in [3.63, 3.8) is 0 Å². The molecule has 0 aliphatic heterocycles. The van der Waals surface area contributed by atoms with Crippen molar-refractivity contribution in [3.05, 3.63) is 23.1 Å². The second-order valence-electron chi connectivity index (χ2n) is 3.11. The van der Waals surface area contributed by atoms with Crippen molar-refractivity contribution in [2.24, 2.45) is 0 Å². The smallest absolute Gasteiger partial charge is 0.124 e. The van der Waals surface area contributed by atoms with Gasteiger partial charge in [0.2, 0.25) is 0 Å². The van der Waals surface area contributed by atoms with Gasteiger partial charge in [0, 0.05) is 11.4 Å². The highest BCUT2D eigenvalue weighted by Gasteiger charge is 2.12. The summed E-state index contributed by atoms with van der Waals surface area (Å²) in [6.45, 7) is 6.59. The first-order valence-electron chi connectivity index (χ1n) is 5.17. The Morgan fingerprint density at radius 1 is 1.53 bits per heavy atom. The number of allylic oxidation sites excluding steroid dienone is 3. The van der Waals surface area contributed by atoms with Gasteiger partial charge in [-0.1, -0.05) is 25.2 Å². The lowest BCUT2D eigenvalue weighted by Crippen LogP contribution is -2.27. The van der Waals surface area contributed by atoms with Crippen molar-refractivity contribution >= 4 is 10.8 Å². The number of nitrogens with one attached hydrogen (secondary N) is 1. The molecule has 0 aromatic carbocycles. The Morgan fingerprint density at radius 3 is 2.67 bits per heavy atom. The average molecular weight is 233 g/mol. The summed E-state index contributed by atoms with van der Waals surface area (Å²) >= 11 is 0. The Bertz CT molecular complexity index is 251. The quantitative estimate of drug-likeness (QED) is 0.683. The van der Waals surface area contributed by atoms with E-state index in [1.807, 2.05) is 26.8 Å². The van der Waals surface area contributed by atoms with E-state index in [9.17, 15) is 8.60 Å². The summed E-state index contributed by atoms with van der Waals surface area (Å²) < 4.78 is 24.9. The van der Waals surface area contributed by atoms with Crippen LogP contribution in [0.5, 0.6) is 0 Å². The number of alkyl halides is 1. The van der Waals surface area contributed by atoms with Crippen molar-refractivity contribution in [1.82, 2.24) is 5.32 Å². The van der Waals surface area contributed by atoms with Gasteiger partial charge in [-0.15, -0.1) is 0 Å². The predicted molar refractivity (Wildman–Crippen MR) is 65.0 cm³/mol. The fourth-order valence-electron chi connectivity index (χ4n) is 1.09. The summed E-state index contributed by atoms with van der Waals surface area (Å²) in [6, 6.07) is 0. The third kappa shape index (κ3) is 6.57. The van der Waals surface area contributed by atoms with Gasteiger partial charge in [-0.05, 0) is 20.4 Å². The largest absolute Gasteiger partial charge is 0.314 e. The summed E-state index contributed by atoms with van der Waals surface area (Å²) in [4.78, 5) is 0.691. The first kappa shape index (κ1) is 14.5. The molecule has 88 valence electrons. The second-order valence-corrected chi connectivity index (χ2v) is 4.60. The maximum atomic E-state index is 13.3. The summed E-state index contributed by atoms with van der Waals surface area (Å²) in [6.07, 6.45) is 4.28. The van der Waals surface area contributed by atoms with E-state index >= 15 is 0 Å². The van der Waals surface area contributed by atoms with Gasteiger partial charge in [0.25, 0.3) is 0 Å². The highest BCUT2D eigenvalue weighted by atomic mass is 32.2. The van der Waals surface area contributed by atoms with Crippen molar-refractivity contribution < 1.29 is 8.60 Å². The lowest BCUT2D eigenvalue weighted by molar-refractivity contribution is 0.351. The molecule has 0 saturated heterocycles. The molecule has 15 heavy (non-hydrogen) atoms. The van der Waals surface area contributed by atoms with Crippen molar-refractivity contribution in [1.29, 1.82) is 0 Å². The Kier molecular flexibility index (Phi) is 8.52. The van der Waals surface area contributed by atoms with Crippen molar-refractivity contribution in [3.8, 4) is 0 Å². The molecule has 0 saturated carbocycles. The molecule has 1 unspecified atom stereocenters. The Hall–Kier alpha value is -0.480. The number of rotatable bonds is 7. The van der Waals surface area contributed by atoms with Gasteiger partial charge in [-0.3, -0.25) is 4.21 Å². The third-order valence-corrected chi connectivity index (χ3v) is 3.39. The SMILES string of the molecule is C/C=C\C(=C/C)S(=O)C[C@H](F)CNCC. The van der Waals surface area contributed by atoms with Crippen LogP contribution >= 0.6 is 0 Å². The average Bonchev–Trinajstić information content (AvgIpc) is 2.22. The van der Waals surface area contributed by atoms with Gasteiger partial charge in [0.15, 0.2) is 0 Å². The minimum absolute atomic E-state index is 0.0665. The summed E-state index contributed by atoms with van der Waals surface area (Å²) in [5.74, 6) is 0.0665. The normalized spacial score (nSPS) is 16.9. The molecule has 1 N–H and O–H groups in total. The molecular weight excluding hydrogens is 213 g/mol. The molecule has 4 heteroatoms. The number of hydrogen-bond acceptors (Lipinski definition) is 2. The van der Waals surface area contributed by atoms with Crippen LogP contribution in [0.2, 0.25) is 0 Å². The van der Waals surface area contributed by atoms with Crippen LogP contribution in [0.25, 0.3) is 0 Å². The van der Waals surface area contributed by atoms with E-state index in [1.165, 1.54) is 0 Å². The van der Waals surface area contributed by atoms with E-state index < -0.39 is 17.0 Å². The highest BCUT2D eigenvalue weighted by Crippen LogP contribution is 2.07. The second kappa shape index (κ2) is 8.80. The Balaban J connectivity index is 4.11.